The molecule has 0 heterocycles. The van der Waals surface area contributed by atoms with Crippen LogP contribution in [-0.2, 0) is 9.59 Å². The minimum atomic E-state index is -1.12. The second-order valence-electron chi connectivity index (χ2n) is 3.07. The molecule has 0 amide bonds. The predicted octanol–water partition coefficient (Wildman–Crippen LogP) is 1.25. The van der Waals surface area contributed by atoms with Crippen molar-refractivity contribution in [2.45, 2.75) is 6.04 Å². The van der Waals surface area contributed by atoms with Gasteiger partial charge >= 0.3 is 11.9 Å². The lowest BCUT2D eigenvalue weighted by Gasteiger charge is -2.14. The van der Waals surface area contributed by atoms with E-state index in [4.69, 9.17) is 10.2 Å². The highest BCUT2D eigenvalue weighted by atomic mass is 79.9. The summed E-state index contributed by atoms with van der Waals surface area (Å²) in [5.41, 5.74) is 0.497. The van der Waals surface area contributed by atoms with Crippen molar-refractivity contribution in [2.24, 2.45) is 0 Å². The molecule has 0 aliphatic carbocycles. The van der Waals surface area contributed by atoms with E-state index in [0.29, 0.717) is 10.0 Å². The van der Waals surface area contributed by atoms with E-state index in [1.54, 1.807) is 24.3 Å². The second-order valence-corrected chi connectivity index (χ2v) is 3.92. The summed E-state index contributed by atoms with van der Waals surface area (Å²) in [6.45, 7) is -0.404. The summed E-state index contributed by atoms with van der Waals surface area (Å²) in [4.78, 5) is 21.4. The first-order chi connectivity index (χ1) is 7.52. The van der Waals surface area contributed by atoms with E-state index in [1.807, 2.05) is 0 Å². The Morgan fingerprint density at radius 1 is 1.31 bits per heavy atom. The maximum absolute atomic E-state index is 11.0. The fourth-order valence-corrected chi connectivity index (χ4v) is 1.74. The lowest BCUT2D eigenvalue weighted by atomic mass is 10.1. The fraction of sp³-hybridized carbons (Fsp3) is 0.200. The van der Waals surface area contributed by atoms with E-state index in [0.717, 1.165) is 0 Å². The van der Waals surface area contributed by atoms with Gasteiger partial charge in [0.1, 0.15) is 6.04 Å². The first-order valence-electron chi connectivity index (χ1n) is 4.44. The van der Waals surface area contributed by atoms with Gasteiger partial charge in [-0.3, -0.25) is 14.9 Å². The Bertz CT molecular complexity index is 408. The van der Waals surface area contributed by atoms with Gasteiger partial charge in [0, 0.05) is 4.47 Å². The van der Waals surface area contributed by atoms with Crippen LogP contribution in [0.25, 0.3) is 0 Å². The zero-order valence-corrected chi connectivity index (χ0v) is 9.77. The Labute approximate surface area is 100 Å². The normalized spacial score (nSPS) is 12.1. The molecule has 1 unspecified atom stereocenters. The number of nitrogens with one attached hydrogen (secondary N) is 1. The van der Waals surface area contributed by atoms with Gasteiger partial charge in [0.05, 0.1) is 6.54 Å². The summed E-state index contributed by atoms with van der Waals surface area (Å²) in [6, 6.07) is 5.74. The Kier molecular flexibility index (Phi) is 4.45. The Morgan fingerprint density at radius 2 is 1.94 bits per heavy atom. The molecule has 0 spiro atoms. The molecule has 1 rings (SSSR count). The maximum atomic E-state index is 11.0. The molecule has 1 aromatic carbocycles. The van der Waals surface area contributed by atoms with Crippen molar-refractivity contribution in [1.29, 1.82) is 0 Å². The van der Waals surface area contributed by atoms with E-state index in [9.17, 15) is 9.59 Å². The molecule has 0 saturated carbocycles. The van der Waals surface area contributed by atoms with Crippen LogP contribution in [0.15, 0.2) is 28.7 Å². The number of hydrogen-bond acceptors (Lipinski definition) is 3. The molecule has 0 aliphatic rings. The third-order valence-corrected chi connectivity index (χ3v) is 2.64. The van der Waals surface area contributed by atoms with Gasteiger partial charge in [-0.25, -0.2) is 0 Å². The summed E-state index contributed by atoms with van der Waals surface area (Å²) < 4.78 is 0.625. The smallest absolute Gasteiger partial charge is 0.325 e. The average molecular weight is 288 g/mol. The number of rotatable bonds is 5. The molecule has 0 bridgehead atoms. The molecule has 0 saturated heterocycles. The summed E-state index contributed by atoms with van der Waals surface area (Å²) in [6.07, 6.45) is 0. The van der Waals surface area contributed by atoms with Gasteiger partial charge in [-0.2, -0.15) is 0 Å². The monoisotopic (exact) mass is 287 g/mol. The molecule has 1 aromatic rings. The Hall–Kier alpha value is -1.40. The molecule has 0 radical (unpaired) electrons. The molecule has 6 heteroatoms. The number of aliphatic carboxylic acids is 2. The quantitative estimate of drug-likeness (QED) is 0.759. The molecule has 16 heavy (non-hydrogen) atoms. The van der Waals surface area contributed by atoms with Crippen LogP contribution < -0.4 is 5.32 Å². The third-order valence-electron chi connectivity index (χ3n) is 1.92. The molecule has 0 aliphatic heterocycles. The van der Waals surface area contributed by atoms with E-state index in [1.165, 1.54) is 0 Å². The number of carbonyl (C=O) groups is 2. The highest BCUT2D eigenvalue weighted by Crippen LogP contribution is 2.23. The third kappa shape index (κ3) is 3.32. The van der Waals surface area contributed by atoms with Crippen LogP contribution in [0.5, 0.6) is 0 Å². The number of hydrogen-bond donors (Lipinski definition) is 3. The van der Waals surface area contributed by atoms with Crippen molar-refractivity contribution < 1.29 is 19.8 Å². The molecular weight excluding hydrogens is 278 g/mol. The van der Waals surface area contributed by atoms with Gasteiger partial charge in [0.25, 0.3) is 0 Å². The van der Waals surface area contributed by atoms with Crippen LogP contribution in [-0.4, -0.2) is 28.7 Å². The first-order valence-corrected chi connectivity index (χ1v) is 5.24. The topological polar surface area (TPSA) is 86.6 Å². The van der Waals surface area contributed by atoms with Crippen molar-refractivity contribution in [3.8, 4) is 0 Å². The Morgan fingerprint density at radius 3 is 2.44 bits per heavy atom. The van der Waals surface area contributed by atoms with Gasteiger partial charge in [0.2, 0.25) is 0 Å². The zero-order chi connectivity index (χ0) is 12.1. The van der Waals surface area contributed by atoms with Crippen LogP contribution in [0.1, 0.15) is 11.6 Å². The maximum Gasteiger partial charge on any atom is 0.325 e. The van der Waals surface area contributed by atoms with Crippen LogP contribution in [0, 0.1) is 0 Å². The Balaban J connectivity index is 2.90. The number of halogens is 1. The molecule has 5 nitrogen and oxygen atoms in total. The zero-order valence-electron chi connectivity index (χ0n) is 8.18. The van der Waals surface area contributed by atoms with Crippen molar-refractivity contribution in [3.63, 3.8) is 0 Å². The number of carboxylic acids is 2. The number of benzene rings is 1. The number of carboxylic acid groups (broad SMARTS) is 2. The van der Waals surface area contributed by atoms with Crippen LogP contribution in [0.3, 0.4) is 0 Å². The molecule has 86 valence electrons. The summed E-state index contributed by atoms with van der Waals surface area (Å²) >= 11 is 3.22. The highest BCUT2D eigenvalue weighted by Gasteiger charge is 2.21. The van der Waals surface area contributed by atoms with Crippen LogP contribution in [0.4, 0.5) is 0 Å². The van der Waals surface area contributed by atoms with Gasteiger partial charge in [0.15, 0.2) is 0 Å². The molecule has 0 aromatic heterocycles. The average Bonchev–Trinajstić information content (AvgIpc) is 2.20. The largest absolute Gasteiger partial charge is 0.480 e. The SMILES string of the molecule is O=C(O)CNC(C(=O)O)c1ccccc1Br. The molecular formula is C10H10BrNO4. The van der Waals surface area contributed by atoms with Gasteiger partial charge in [-0.05, 0) is 11.6 Å². The molecule has 0 fully saturated rings. The standard InChI is InChI=1S/C10H10BrNO4/c11-7-4-2-1-3-6(7)9(10(15)16)12-5-8(13)14/h1-4,9,12H,5H2,(H,13,14)(H,15,16). The minimum Gasteiger partial charge on any atom is -0.480 e. The molecule has 1 atom stereocenters. The van der Waals surface area contributed by atoms with Crippen molar-refractivity contribution >= 4 is 27.9 Å². The van der Waals surface area contributed by atoms with E-state index < -0.39 is 24.5 Å². The first kappa shape index (κ1) is 12.7. The predicted molar refractivity (Wildman–Crippen MR) is 60.2 cm³/mol. The lowest BCUT2D eigenvalue weighted by molar-refractivity contribution is -0.140. The van der Waals surface area contributed by atoms with Gasteiger partial charge in [-0.1, -0.05) is 34.1 Å². The second kappa shape index (κ2) is 5.62. The van der Waals surface area contributed by atoms with Crippen molar-refractivity contribution in [1.82, 2.24) is 5.32 Å². The van der Waals surface area contributed by atoms with E-state index in [2.05, 4.69) is 21.2 Å². The van der Waals surface area contributed by atoms with Crippen LogP contribution >= 0.6 is 15.9 Å². The highest BCUT2D eigenvalue weighted by molar-refractivity contribution is 9.10. The summed E-state index contributed by atoms with van der Waals surface area (Å²) in [7, 11) is 0. The van der Waals surface area contributed by atoms with Gasteiger partial charge < -0.3 is 10.2 Å². The summed E-state index contributed by atoms with van der Waals surface area (Å²) in [5, 5.41) is 19.9. The van der Waals surface area contributed by atoms with Crippen molar-refractivity contribution in [2.75, 3.05) is 6.54 Å². The molecule has 3 N–H and O–H groups in total. The fourth-order valence-electron chi connectivity index (χ4n) is 1.23. The van der Waals surface area contributed by atoms with E-state index >= 15 is 0 Å². The summed E-state index contributed by atoms with van der Waals surface area (Å²) in [5.74, 6) is -2.22. The minimum absolute atomic E-state index is 0.404. The lowest BCUT2D eigenvalue weighted by Crippen LogP contribution is -2.32. The van der Waals surface area contributed by atoms with Gasteiger partial charge in [-0.15, -0.1) is 0 Å². The van der Waals surface area contributed by atoms with E-state index in [-0.39, 0.29) is 0 Å². The van der Waals surface area contributed by atoms with Crippen LogP contribution in [0.2, 0.25) is 0 Å². The van der Waals surface area contributed by atoms with Crippen molar-refractivity contribution in [3.05, 3.63) is 34.3 Å².